The predicted molar refractivity (Wildman–Crippen MR) is 91.5 cm³/mol. The Morgan fingerprint density at radius 1 is 0.545 bits per heavy atom. The summed E-state index contributed by atoms with van der Waals surface area (Å²) in [5.74, 6) is 0. The zero-order chi connectivity index (χ0) is 16.9. The first-order valence-electron chi connectivity index (χ1n) is 8.58. The Bertz CT molecular complexity index is 214. The minimum Gasteiger partial charge on any atom is -0.381 e. The van der Waals surface area contributed by atoms with Crippen molar-refractivity contribution >= 4 is 0 Å². The predicted octanol–water partition coefficient (Wildman–Crippen LogP) is 4.07. The maximum atomic E-state index is 5.63. The second-order valence-corrected chi connectivity index (χ2v) is 7.86. The first-order chi connectivity index (χ1) is 10.2. The van der Waals surface area contributed by atoms with E-state index in [9.17, 15) is 0 Å². The van der Waals surface area contributed by atoms with Gasteiger partial charge in [0.05, 0.1) is 12.2 Å². The molecule has 0 N–H and O–H groups in total. The molecule has 134 valence electrons. The molecule has 0 aliphatic heterocycles. The van der Waals surface area contributed by atoms with E-state index in [1.165, 1.54) is 0 Å². The van der Waals surface area contributed by atoms with Crippen molar-refractivity contribution < 1.29 is 18.9 Å². The number of hydrogen-bond donors (Lipinski definition) is 0. The van der Waals surface area contributed by atoms with Crippen LogP contribution in [0.4, 0.5) is 0 Å². The van der Waals surface area contributed by atoms with Crippen molar-refractivity contribution in [3.63, 3.8) is 0 Å². The fourth-order valence-electron chi connectivity index (χ4n) is 1.65. The minimum absolute atomic E-state index is 0.0512. The zero-order valence-electron chi connectivity index (χ0n) is 15.7. The van der Waals surface area contributed by atoms with E-state index >= 15 is 0 Å². The molecule has 0 spiro atoms. The molecule has 0 rings (SSSR count). The second kappa shape index (κ2) is 12.3. The normalized spacial score (nSPS) is 12.8. The SMILES string of the molecule is CC(C)(C)COCCCOCCCOCCCOC(C)(C)C. The topological polar surface area (TPSA) is 36.9 Å². The molecule has 0 aliphatic rings. The van der Waals surface area contributed by atoms with E-state index in [1.807, 2.05) is 0 Å². The molecule has 0 aromatic heterocycles. The third-order valence-corrected chi connectivity index (χ3v) is 2.66. The van der Waals surface area contributed by atoms with Crippen LogP contribution in [0, 0.1) is 5.41 Å². The Kier molecular flexibility index (Phi) is 12.2. The first kappa shape index (κ1) is 21.8. The quantitative estimate of drug-likeness (QED) is 0.480. The third-order valence-electron chi connectivity index (χ3n) is 2.66. The maximum absolute atomic E-state index is 5.63. The van der Waals surface area contributed by atoms with Crippen LogP contribution in [0.2, 0.25) is 0 Å². The molecule has 4 nitrogen and oxygen atoms in total. The van der Waals surface area contributed by atoms with Crippen LogP contribution >= 0.6 is 0 Å². The summed E-state index contributed by atoms with van der Waals surface area (Å²) in [6.45, 7) is 18.1. The van der Waals surface area contributed by atoms with E-state index in [-0.39, 0.29) is 11.0 Å². The van der Waals surface area contributed by atoms with Crippen molar-refractivity contribution in [2.75, 3.05) is 46.2 Å². The molecule has 0 amide bonds. The molecule has 0 radical (unpaired) electrons. The van der Waals surface area contributed by atoms with Crippen LogP contribution in [0.1, 0.15) is 60.8 Å². The van der Waals surface area contributed by atoms with Gasteiger partial charge in [-0.1, -0.05) is 20.8 Å². The molecule has 0 bridgehead atoms. The van der Waals surface area contributed by atoms with E-state index in [0.29, 0.717) is 0 Å². The van der Waals surface area contributed by atoms with E-state index in [4.69, 9.17) is 18.9 Å². The van der Waals surface area contributed by atoms with Gasteiger partial charge in [0.1, 0.15) is 0 Å². The summed E-state index contributed by atoms with van der Waals surface area (Å²) in [4.78, 5) is 0. The van der Waals surface area contributed by atoms with Crippen molar-refractivity contribution in [2.24, 2.45) is 5.41 Å². The highest BCUT2D eigenvalue weighted by Crippen LogP contribution is 2.12. The van der Waals surface area contributed by atoms with Gasteiger partial charge in [0.15, 0.2) is 0 Å². The van der Waals surface area contributed by atoms with Crippen molar-refractivity contribution in [1.82, 2.24) is 0 Å². The van der Waals surface area contributed by atoms with Gasteiger partial charge in [-0.3, -0.25) is 0 Å². The Balaban J connectivity index is 3.09. The Labute approximate surface area is 137 Å². The number of hydrogen-bond acceptors (Lipinski definition) is 4. The molecule has 22 heavy (non-hydrogen) atoms. The Hall–Kier alpha value is -0.160. The van der Waals surface area contributed by atoms with Crippen LogP contribution in [-0.2, 0) is 18.9 Å². The average molecular weight is 318 g/mol. The standard InChI is InChI=1S/C18H38O4/c1-17(2,3)16-21-14-8-12-19-10-7-11-20-13-9-15-22-18(4,5)6/h7-16H2,1-6H3. The van der Waals surface area contributed by atoms with Gasteiger partial charge in [-0.2, -0.15) is 0 Å². The highest BCUT2D eigenvalue weighted by Gasteiger charge is 2.09. The smallest absolute Gasteiger partial charge is 0.0598 e. The summed E-state index contributed by atoms with van der Waals surface area (Å²) in [6.07, 6.45) is 2.85. The lowest BCUT2D eigenvalue weighted by Crippen LogP contribution is -2.20. The molecule has 0 saturated carbocycles. The van der Waals surface area contributed by atoms with Crippen molar-refractivity contribution in [3.05, 3.63) is 0 Å². The van der Waals surface area contributed by atoms with E-state index < -0.39 is 0 Å². The fraction of sp³-hybridized carbons (Fsp3) is 1.00. The molecule has 0 aromatic rings. The van der Waals surface area contributed by atoms with E-state index in [1.54, 1.807) is 0 Å². The molecule has 0 aliphatic carbocycles. The summed E-state index contributed by atoms with van der Waals surface area (Å²) in [6, 6.07) is 0. The van der Waals surface area contributed by atoms with Crippen LogP contribution in [-0.4, -0.2) is 51.8 Å². The van der Waals surface area contributed by atoms with Gasteiger partial charge >= 0.3 is 0 Å². The highest BCUT2D eigenvalue weighted by atomic mass is 16.5. The van der Waals surface area contributed by atoms with Gasteiger partial charge in [0.25, 0.3) is 0 Å². The van der Waals surface area contributed by atoms with E-state index in [0.717, 1.165) is 65.5 Å². The second-order valence-electron chi connectivity index (χ2n) is 7.86. The van der Waals surface area contributed by atoms with Crippen LogP contribution < -0.4 is 0 Å². The lowest BCUT2D eigenvalue weighted by atomic mass is 9.99. The Morgan fingerprint density at radius 3 is 1.36 bits per heavy atom. The minimum atomic E-state index is -0.0512. The average Bonchev–Trinajstić information content (AvgIpc) is 2.36. The summed E-state index contributed by atoms with van der Waals surface area (Å²) in [7, 11) is 0. The molecule has 0 aromatic carbocycles. The van der Waals surface area contributed by atoms with Crippen LogP contribution in [0.5, 0.6) is 0 Å². The van der Waals surface area contributed by atoms with Gasteiger partial charge in [0.2, 0.25) is 0 Å². The molecule has 0 saturated heterocycles. The molecular formula is C18H38O4. The van der Waals surface area contributed by atoms with Crippen molar-refractivity contribution in [3.8, 4) is 0 Å². The van der Waals surface area contributed by atoms with Crippen molar-refractivity contribution in [1.29, 1.82) is 0 Å². The largest absolute Gasteiger partial charge is 0.381 e. The van der Waals surface area contributed by atoms with Crippen molar-refractivity contribution in [2.45, 2.75) is 66.4 Å². The molecule has 4 heteroatoms. The summed E-state index contributed by atoms with van der Waals surface area (Å²) in [5.41, 5.74) is 0.195. The van der Waals surface area contributed by atoms with Gasteiger partial charge in [0, 0.05) is 39.6 Å². The zero-order valence-corrected chi connectivity index (χ0v) is 15.7. The van der Waals surface area contributed by atoms with Gasteiger partial charge in [-0.05, 0) is 45.4 Å². The van der Waals surface area contributed by atoms with Gasteiger partial charge < -0.3 is 18.9 Å². The molecule has 0 heterocycles. The van der Waals surface area contributed by atoms with Crippen LogP contribution in [0.3, 0.4) is 0 Å². The van der Waals surface area contributed by atoms with Gasteiger partial charge in [-0.25, -0.2) is 0 Å². The Morgan fingerprint density at radius 2 is 0.955 bits per heavy atom. The summed E-state index contributed by atoms with van der Waals surface area (Å²) < 4.78 is 22.3. The molecular weight excluding hydrogens is 280 g/mol. The first-order valence-corrected chi connectivity index (χ1v) is 8.58. The summed E-state index contributed by atoms with van der Waals surface area (Å²) >= 11 is 0. The van der Waals surface area contributed by atoms with Crippen LogP contribution in [0.25, 0.3) is 0 Å². The fourth-order valence-corrected chi connectivity index (χ4v) is 1.65. The van der Waals surface area contributed by atoms with Gasteiger partial charge in [-0.15, -0.1) is 0 Å². The molecule has 0 unspecified atom stereocenters. The number of rotatable bonds is 13. The lowest BCUT2D eigenvalue weighted by molar-refractivity contribution is -0.0151. The highest BCUT2D eigenvalue weighted by molar-refractivity contribution is 4.59. The third kappa shape index (κ3) is 19.8. The van der Waals surface area contributed by atoms with E-state index in [2.05, 4.69) is 41.5 Å². The monoisotopic (exact) mass is 318 g/mol. The summed E-state index contributed by atoms with van der Waals surface area (Å²) in [5, 5.41) is 0. The number of ether oxygens (including phenoxy) is 4. The van der Waals surface area contributed by atoms with Crippen LogP contribution in [0.15, 0.2) is 0 Å². The molecule has 0 fully saturated rings. The maximum Gasteiger partial charge on any atom is 0.0598 e. The molecule has 0 atom stereocenters. The lowest BCUT2D eigenvalue weighted by Gasteiger charge is -2.19.